The Balaban J connectivity index is 1.36. The zero-order chi connectivity index (χ0) is 20.0. The van der Waals surface area contributed by atoms with E-state index in [-0.39, 0.29) is 22.4 Å². The van der Waals surface area contributed by atoms with Gasteiger partial charge < -0.3 is 15.4 Å². The van der Waals surface area contributed by atoms with Gasteiger partial charge in [0.2, 0.25) is 0 Å². The number of thiocarbonyl (C=S) groups is 1. The molecule has 0 aromatic rings. The summed E-state index contributed by atoms with van der Waals surface area (Å²) in [4.78, 5) is 12.0. The summed E-state index contributed by atoms with van der Waals surface area (Å²) in [5.41, 5.74) is 4.24. The van der Waals surface area contributed by atoms with Crippen LogP contribution in [0.5, 0.6) is 0 Å². The van der Waals surface area contributed by atoms with Crippen molar-refractivity contribution in [2.75, 3.05) is 6.54 Å². The van der Waals surface area contributed by atoms with Crippen molar-refractivity contribution in [1.29, 1.82) is 0 Å². The van der Waals surface area contributed by atoms with E-state index >= 15 is 0 Å². The zero-order valence-corrected chi connectivity index (χ0v) is 18.2. The molecule has 1 spiro atoms. The van der Waals surface area contributed by atoms with Gasteiger partial charge in [0.25, 0.3) is 0 Å². The normalized spacial score (nSPS) is 47.5. The number of hydrogen-bond acceptors (Lipinski definition) is 3. The molecule has 6 atom stereocenters. The highest BCUT2D eigenvalue weighted by molar-refractivity contribution is 7.80. The number of ether oxygens (including phenoxy) is 1. The minimum Gasteiger partial charge on any atom is -0.458 e. The molecule has 0 unspecified atom stereocenters. The second kappa shape index (κ2) is 5.75. The summed E-state index contributed by atoms with van der Waals surface area (Å²) in [6.07, 6.45) is 14.5. The third-order valence-corrected chi connectivity index (χ3v) is 9.86. The van der Waals surface area contributed by atoms with Crippen LogP contribution in [0.1, 0.15) is 58.8 Å². The predicted molar refractivity (Wildman–Crippen MR) is 116 cm³/mol. The fourth-order valence-electron chi connectivity index (χ4n) is 8.00. The van der Waals surface area contributed by atoms with Crippen LogP contribution >= 0.6 is 12.2 Å². The van der Waals surface area contributed by atoms with Gasteiger partial charge in [-0.3, -0.25) is 4.79 Å². The Morgan fingerprint density at radius 2 is 2.00 bits per heavy atom. The molecular weight excluding hydrogens is 380 g/mol. The van der Waals surface area contributed by atoms with Gasteiger partial charge in [-0.1, -0.05) is 26.0 Å². The number of nitrogens with one attached hydrogen (secondary N) is 2. The topological polar surface area (TPSA) is 50.4 Å². The number of fused-ring (bicyclic) bond motifs is 6. The first-order valence-corrected chi connectivity index (χ1v) is 11.6. The maximum absolute atomic E-state index is 12.0. The molecule has 5 heteroatoms. The largest absolute Gasteiger partial charge is 0.458 e. The number of hydrogen-bond donors (Lipinski definition) is 2. The standard InChI is InChI=1S/C24H30N2O2S/c1-22-12-14-13-25-21(29)26-19(14)11-15(22)3-4-16-17(22)5-8-23(2)18(16)6-9-24(23)10-7-20(27)28-24/h3-4,11,16-18H,5-10,12-13H2,1-2H3,(H2,25,26,29)/t16-,17+,18+,22+,23+,24-/m1/s1. The van der Waals surface area contributed by atoms with Crippen LogP contribution < -0.4 is 10.6 Å². The Kier molecular flexibility index (Phi) is 3.60. The maximum atomic E-state index is 12.0. The first-order chi connectivity index (χ1) is 13.8. The summed E-state index contributed by atoms with van der Waals surface area (Å²) in [6.45, 7) is 5.78. The molecule has 3 fully saturated rings. The van der Waals surface area contributed by atoms with Gasteiger partial charge >= 0.3 is 5.97 Å². The van der Waals surface area contributed by atoms with Crippen LogP contribution in [-0.4, -0.2) is 23.2 Å². The molecule has 2 N–H and O–H groups in total. The molecule has 0 radical (unpaired) electrons. The van der Waals surface area contributed by atoms with Crippen LogP contribution in [0.4, 0.5) is 0 Å². The van der Waals surface area contributed by atoms with Crippen LogP contribution in [0, 0.1) is 28.6 Å². The fourth-order valence-corrected chi connectivity index (χ4v) is 8.18. The molecule has 29 heavy (non-hydrogen) atoms. The van der Waals surface area contributed by atoms with Crippen LogP contribution in [0.2, 0.25) is 0 Å². The zero-order valence-electron chi connectivity index (χ0n) is 17.3. The molecule has 2 saturated carbocycles. The number of carbonyl (C=O) groups excluding carboxylic acids is 1. The van der Waals surface area contributed by atoms with Gasteiger partial charge in [0.05, 0.1) is 0 Å². The molecule has 0 aromatic heterocycles. The molecular formula is C24H30N2O2S. The van der Waals surface area contributed by atoms with Gasteiger partial charge in [0, 0.05) is 24.1 Å². The van der Waals surface area contributed by atoms with Crippen LogP contribution in [0.25, 0.3) is 0 Å². The van der Waals surface area contributed by atoms with Gasteiger partial charge in [-0.15, -0.1) is 0 Å². The Labute approximate surface area is 178 Å². The summed E-state index contributed by atoms with van der Waals surface area (Å²) in [7, 11) is 0. The molecule has 154 valence electrons. The van der Waals surface area contributed by atoms with E-state index in [1.165, 1.54) is 36.1 Å². The fraction of sp³-hybridized carbons (Fsp3) is 0.667. The van der Waals surface area contributed by atoms with E-state index in [1.54, 1.807) is 0 Å². The van der Waals surface area contributed by atoms with E-state index in [2.05, 4.69) is 42.7 Å². The number of esters is 1. The average Bonchev–Trinajstić information content (AvgIpc) is 3.21. The summed E-state index contributed by atoms with van der Waals surface area (Å²) in [5.74, 6) is 1.88. The van der Waals surface area contributed by atoms with Crippen LogP contribution in [-0.2, 0) is 9.53 Å². The predicted octanol–water partition coefficient (Wildman–Crippen LogP) is 4.14. The summed E-state index contributed by atoms with van der Waals surface area (Å²) < 4.78 is 6.06. The quantitative estimate of drug-likeness (QED) is 0.464. The molecule has 0 aromatic carbocycles. The number of allylic oxidation sites excluding steroid dienone is 4. The second-order valence-electron chi connectivity index (χ2n) is 10.6. The monoisotopic (exact) mass is 410 g/mol. The van der Waals surface area contributed by atoms with Gasteiger partial charge in [0.15, 0.2) is 5.11 Å². The lowest BCUT2D eigenvalue weighted by Crippen LogP contribution is -2.54. The highest BCUT2D eigenvalue weighted by Crippen LogP contribution is 2.68. The van der Waals surface area contributed by atoms with Crippen molar-refractivity contribution < 1.29 is 9.53 Å². The average molecular weight is 411 g/mol. The van der Waals surface area contributed by atoms with Crippen molar-refractivity contribution in [3.63, 3.8) is 0 Å². The van der Waals surface area contributed by atoms with Crippen molar-refractivity contribution in [3.8, 4) is 0 Å². The smallest absolute Gasteiger partial charge is 0.306 e. The van der Waals surface area contributed by atoms with E-state index in [0.29, 0.717) is 24.2 Å². The van der Waals surface area contributed by atoms with Gasteiger partial charge in [-0.25, -0.2) is 0 Å². The maximum Gasteiger partial charge on any atom is 0.306 e. The highest BCUT2D eigenvalue weighted by Gasteiger charge is 2.66. The van der Waals surface area contributed by atoms with E-state index in [1.807, 2.05) is 0 Å². The van der Waals surface area contributed by atoms with Crippen LogP contribution in [0.3, 0.4) is 0 Å². The van der Waals surface area contributed by atoms with Crippen molar-refractivity contribution in [2.24, 2.45) is 28.6 Å². The van der Waals surface area contributed by atoms with Crippen molar-refractivity contribution in [1.82, 2.24) is 10.6 Å². The number of rotatable bonds is 0. The van der Waals surface area contributed by atoms with E-state index < -0.39 is 0 Å². The second-order valence-corrected chi connectivity index (χ2v) is 11.0. The first kappa shape index (κ1) is 18.2. The van der Waals surface area contributed by atoms with E-state index in [9.17, 15) is 4.79 Å². The molecule has 2 heterocycles. The lowest BCUT2D eigenvalue weighted by atomic mass is 9.48. The number of carbonyl (C=O) groups is 1. The Hall–Kier alpha value is -1.62. The minimum absolute atomic E-state index is 0.0207. The van der Waals surface area contributed by atoms with Gasteiger partial charge in [0.1, 0.15) is 5.60 Å². The molecule has 4 aliphatic carbocycles. The summed E-state index contributed by atoms with van der Waals surface area (Å²) in [5, 5.41) is 7.41. The lowest BCUT2D eigenvalue weighted by Gasteiger charge is -2.57. The van der Waals surface area contributed by atoms with Crippen molar-refractivity contribution in [3.05, 3.63) is 35.1 Å². The Bertz CT molecular complexity index is 920. The van der Waals surface area contributed by atoms with Crippen molar-refractivity contribution in [2.45, 2.75) is 64.4 Å². The summed E-state index contributed by atoms with van der Waals surface area (Å²) in [6, 6.07) is 0. The SMILES string of the molecule is C[C@]12CC3=C(C=C1C=C[C@@H]1[C@@H]2CC[C@@]2(C)[C@H]1CC[C@@]21CCC(=O)O1)NC(=S)NC3. The molecule has 0 amide bonds. The summed E-state index contributed by atoms with van der Waals surface area (Å²) >= 11 is 5.32. The van der Waals surface area contributed by atoms with E-state index in [0.717, 1.165) is 30.9 Å². The Morgan fingerprint density at radius 3 is 2.79 bits per heavy atom. The highest BCUT2D eigenvalue weighted by atomic mass is 32.1. The molecule has 6 rings (SSSR count). The minimum atomic E-state index is -0.195. The third-order valence-electron chi connectivity index (χ3n) is 9.61. The van der Waals surface area contributed by atoms with Gasteiger partial charge in [-0.05, 0) is 91.1 Å². The molecule has 2 aliphatic heterocycles. The molecule has 1 saturated heterocycles. The van der Waals surface area contributed by atoms with Crippen molar-refractivity contribution >= 4 is 23.3 Å². The molecule has 4 nitrogen and oxygen atoms in total. The Morgan fingerprint density at radius 1 is 1.17 bits per heavy atom. The molecule has 6 aliphatic rings. The van der Waals surface area contributed by atoms with Crippen LogP contribution in [0.15, 0.2) is 35.1 Å². The molecule has 0 bridgehead atoms. The lowest BCUT2D eigenvalue weighted by molar-refractivity contribution is -0.165. The van der Waals surface area contributed by atoms with Gasteiger partial charge in [-0.2, -0.15) is 0 Å². The first-order valence-electron chi connectivity index (χ1n) is 11.2. The third kappa shape index (κ3) is 2.26. The van der Waals surface area contributed by atoms with E-state index in [4.69, 9.17) is 17.0 Å².